The summed E-state index contributed by atoms with van der Waals surface area (Å²) >= 11 is 0. The molecule has 1 aliphatic heterocycles. The highest BCUT2D eigenvalue weighted by Gasteiger charge is 2.39. The van der Waals surface area contributed by atoms with E-state index in [0.29, 0.717) is 35.9 Å². The third-order valence-corrected chi connectivity index (χ3v) is 7.15. The maximum atomic E-state index is 13.7. The Morgan fingerprint density at radius 3 is 2.32 bits per heavy atom. The number of hydrogen-bond donors (Lipinski definition) is 2. The van der Waals surface area contributed by atoms with Crippen molar-refractivity contribution in [3.8, 4) is 22.6 Å². The fraction of sp³-hybridized carbons (Fsp3) is 0.207. The fourth-order valence-electron chi connectivity index (χ4n) is 5.37. The molecule has 6 rings (SSSR count). The number of nitrogens with zero attached hydrogens (tertiary/aromatic N) is 3. The van der Waals surface area contributed by atoms with Crippen LogP contribution in [-0.4, -0.2) is 34.8 Å². The normalized spacial score (nSPS) is 18.6. The number of fused-ring (bicyclic) bond motifs is 1. The topological polar surface area (TPSA) is 104 Å². The summed E-state index contributed by atoms with van der Waals surface area (Å²) in [6, 6.07) is 23.9. The number of benzene rings is 3. The number of nitrogens with one attached hydrogen (secondary N) is 1. The van der Waals surface area contributed by atoms with Crippen molar-refractivity contribution in [1.82, 2.24) is 14.8 Å². The van der Waals surface area contributed by atoms with E-state index in [-0.39, 0.29) is 17.6 Å². The van der Waals surface area contributed by atoms with Crippen LogP contribution in [0.2, 0.25) is 0 Å². The van der Waals surface area contributed by atoms with Gasteiger partial charge < -0.3 is 20.5 Å². The summed E-state index contributed by atoms with van der Waals surface area (Å²) in [4.78, 5) is 18.1. The van der Waals surface area contributed by atoms with E-state index in [4.69, 9.17) is 15.2 Å². The molecule has 0 fully saturated rings. The minimum absolute atomic E-state index is 0.00789. The number of aromatic nitrogens is 3. The summed E-state index contributed by atoms with van der Waals surface area (Å²) < 4.78 is 12.6. The summed E-state index contributed by atoms with van der Waals surface area (Å²) in [6.45, 7) is 0. The molecule has 0 unspecified atom stereocenters. The van der Waals surface area contributed by atoms with Gasteiger partial charge in [-0.1, -0.05) is 60.7 Å². The lowest BCUT2D eigenvalue weighted by Gasteiger charge is -2.35. The highest BCUT2D eigenvalue weighted by molar-refractivity contribution is 6.00. The number of nitrogen functional groups attached to an aromatic ring is 1. The fourth-order valence-corrected chi connectivity index (χ4v) is 5.37. The van der Waals surface area contributed by atoms with Crippen molar-refractivity contribution in [2.24, 2.45) is 0 Å². The van der Waals surface area contributed by atoms with Gasteiger partial charge in [0.15, 0.2) is 17.3 Å². The molecule has 186 valence electrons. The first-order valence-corrected chi connectivity index (χ1v) is 12.2. The number of ether oxygens (including phenoxy) is 2. The lowest BCUT2D eigenvalue weighted by molar-refractivity contribution is -0.116. The second-order valence-corrected chi connectivity index (χ2v) is 9.29. The number of hydrogen-bond acceptors (Lipinski definition) is 7. The average molecular weight is 494 g/mol. The van der Waals surface area contributed by atoms with E-state index in [0.717, 1.165) is 28.0 Å². The molecule has 2 heterocycles. The Kier molecular flexibility index (Phi) is 5.64. The van der Waals surface area contributed by atoms with E-state index in [2.05, 4.69) is 51.8 Å². The molecule has 3 aromatic carbocycles. The van der Waals surface area contributed by atoms with Crippen LogP contribution < -0.4 is 20.5 Å². The molecule has 0 saturated carbocycles. The smallest absolute Gasteiger partial charge is 0.241 e. The summed E-state index contributed by atoms with van der Waals surface area (Å²) in [6.07, 6.45) is 1.04. The molecule has 8 heteroatoms. The van der Waals surface area contributed by atoms with Crippen molar-refractivity contribution < 1.29 is 14.3 Å². The molecule has 2 aliphatic rings. The van der Waals surface area contributed by atoms with Gasteiger partial charge in [-0.05, 0) is 46.7 Å². The summed E-state index contributed by atoms with van der Waals surface area (Å²) in [5, 5.41) is 7.79. The van der Waals surface area contributed by atoms with Gasteiger partial charge in [0.05, 0.1) is 14.2 Å². The molecule has 4 aromatic rings. The Morgan fingerprint density at radius 1 is 0.892 bits per heavy atom. The molecule has 0 saturated heterocycles. The summed E-state index contributed by atoms with van der Waals surface area (Å²) in [7, 11) is 3.22. The SMILES string of the molecule is COc1ccc([C@@H]2CC(=O)C3=C(C2)Nc2nc(N)nn2[C@H]3c2ccc(-c3ccccc3)cc2)cc1OC. The molecule has 8 nitrogen and oxygen atoms in total. The van der Waals surface area contributed by atoms with Gasteiger partial charge in [0, 0.05) is 17.7 Å². The van der Waals surface area contributed by atoms with Crippen LogP contribution >= 0.6 is 0 Å². The first-order chi connectivity index (χ1) is 18.1. The van der Waals surface area contributed by atoms with Gasteiger partial charge in [-0.3, -0.25) is 4.79 Å². The lowest BCUT2D eigenvalue weighted by atomic mass is 9.77. The zero-order valence-corrected chi connectivity index (χ0v) is 20.6. The van der Waals surface area contributed by atoms with E-state index in [1.165, 1.54) is 0 Å². The van der Waals surface area contributed by atoms with E-state index >= 15 is 0 Å². The van der Waals surface area contributed by atoms with Crippen LogP contribution in [0.15, 0.2) is 84.1 Å². The Bertz CT molecular complexity index is 1510. The molecule has 0 radical (unpaired) electrons. The van der Waals surface area contributed by atoms with Gasteiger partial charge in [0.25, 0.3) is 0 Å². The van der Waals surface area contributed by atoms with Gasteiger partial charge in [-0.2, -0.15) is 4.98 Å². The highest BCUT2D eigenvalue weighted by atomic mass is 16.5. The molecule has 3 N–H and O–H groups in total. The van der Waals surface area contributed by atoms with Crippen LogP contribution in [0.25, 0.3) is 11.1 Å². The molecule has 0 bridgehead atoms. The van der Waals surface area contributed by atoms with Crippen molar-refractivity contribution in [2.75, 3.05) is 25.3 Å². The zero-order valence-electron chi connectivity index (χ0n) is 20.6. The second kappa shape index (κ2) is 9.13. The standard InChI is InChI=1S/C29H27N5O3/c1-36-24-13-12-20(16-25(24)37-2)21-14-22-26(23(35)15-21)27(34-29(31-22)32-28(30)33-34)19-10-8-18(9-11-19)17-6-4-3-5-7-17/h3-13,16,21,27H,14-15H2,1-2H3,(H3,30,31,32,33)/t21-,27-/m0/s1. The van der Waals surface area contributed by atoms with E-state index in [1.54, 1.807) is 18.9 Å². The third-order valence-electron chi connectivity index (χ3n) is 7.15. The van der Waals surface area contributed by atoms with E-state index in [9.17, 15) is 4.79 Å². The molecule has 37 heavy (non-hydrogen) atoms. The van der Waals surface area contributed by atoms with Crippen LogP contribution in [0.1, 0.15) is 35.9 Å². The highest BCUT2D eigenvalue weighted by Crippen LogP contribution is 2.45. The molecule has 0 spiro atoms. The maximum absolute atomic E-state index is 13.7. The van der Waals surface area contributed by atoms with Gasteiger partial charge in [-0.25, -0.2) is 4.68 Å². The van der Waals surface area contributed by atoms with Gasteiger partial charge in [0.1, 0.15) is 6.04 Å². The van der Waals surface area contributed by atoms with Crippen molar-refractivity contribution in [3.63, 3.8) is 0 Å². The average Bonchev–Trinajstić information content (AvgIpc) is 3.31. The maximum Gasteiger partial charge on any atom is 0.241 e. The number of allylic oxidation sites excluding steroid dienone is 2. The van der Waals surface area contributed by atoms with Gasteiger partial charge in [0.2, 0.25) is 11.9 Å². The second-order valence-electron chi connectivity index (χ2n) is 9.29. The largest absolute Gasteiger partial charge is 0.493 e. The van der Waals surface area contributed by atoms with Crippen molar-refractivity contribution >= 4 is 17.7 Å². The van der Waals surface area contributed by atoms with Crippen LogP contribution in [0.3, 0.4) is 0 Å². The first-order valence-electron chi connectivity index (χ1n) is 12.2. The Hall–Kier alpha value is -4.59. The molecule has 1 aromatic heterocycles. The molecular formula is C29H27N5O3. The number of carbonyl (C=O) groups is 1. The number of carbonyl (C=O) groups excluding carboxylic acids is 1. The Balaban J connectivity index is 1.39. The quantitative estimate of drug-likeness (QED) is 0.405. The zero-order chi connectivity index (χ0) is 25.5. The van der Waals surface area contributed by atoms with Crippen LogP contribution in [0.5, 0.6) is 11.5 Å². The van der Waals surface area contributed by atoms with E-state index < -0.39 is 6.04 Å². The Morgan fingerprint density at radius 2 is 1.59 bits per heavy atom. The third kappa shape index (κ3) is 4.00. The van der Waals surface area contributed by atoms with Crippen LogP contribution in [-0.2, 0) is 4.79 Å². The predicted molar refractivity (Wildman–Crippen MR) is 142 cm³/mol. The number of rotatable bonds is 5. The minimum atomic E-state index is -0.403. The number of anilines is 2. The van der Waals surface area contributed by atoms with Gasteiger partial charge in [-0.15, -0.1) is 5.10 Å². The van der Waals surface area contributed by atoms with E-state index in [1.807, 2.05) is 36.4 Å². The summed E-state index contributed by atoms with van der Waals surface area (Å²) in [5.41, 5.74) is 11.8. The number of methoxy groups -OCH3 is 2. The first kappa shape index (κ1) is 22.8. The molecular weight excluding hydrogens is 466 g/mol. The summed E-state index contributed by atoms with van der Waals surface area (Å²) in [5.74, 6) is 2.07. The minimum Gasteiger partial charge on any atom is -0.493 e. The van der Waals surface area contributed by atoms with Crippen LogP contribution in [0.4, 0.5) is 11.9 Å². The number of Topliss-reactive ketones (excluding diaryl/α,β-unsaturated/α-hetero) is 1. The predicted octanol–water partition coefficient (Wildman–Crippen LogP) is 4.96. The van der Waals surface area contributed by atoms with Crippen molar-refractivity contribution in [1.29, 1.82) is 0 Å². The Labute approximate surface area is 214 Å². The van der Waals surface area contributed by atoms with Crippen molar-refractivity contribution in [3.05, 3.63) is 95.2 Å². The van der Waals surface area contributed by atoms with Crippen LogP contribution in [0, 0.1) is 0 Å². The molecule has 0 amide bonds. The van der Waals surface area contributed by atoms with Gasteiger partial charge >= 0.3 is 0 Å². The molecule has 2 atom stereocenters. The monoisotopic (exact) mass is 493 g/mol. The van der Waals surface area contributed by atoms with Crippen molar-refractivity contribution in [2.45, 2.75) is 24.8 Å². The molecule has 1 aliphatic carbocycles. The number of nitrogens with two attached hydrogens (primary N) is 1. The lowest BCUT2D eigenvalue weighted by Crippen LogP contribution is -2.33. The number of ketones is 1.